The second-order valence-electron chi connectivity index (χ2n) is 29.5. The predicted molar refractivity (Wildman–Crippen MR) is 505 cm³/mol. The summed E-state index contributed by atoms with van der Waals surface area (Å²) in [5, 5.41) is 127. The molecule has 3 radical (unpaired) electrons. The van der Waals surface area contributed by atoms with Gasteiger partial charge in [-0.2, -0.15) is 0 Å². The number of amides is 12. The maximum atomic E-state index is 12.3. The van der Waals surface area contributed by atoms with Gasteiger partial charge in [0.05, 0.1) is 76.5 Å². The zero-order chi connectivity index (χ0) is 106. The van der Waals surface area contributed by atoms with Crippen molar-refractivity contribution in [3.63, 3.8) is 0 Å². The Kier molecular flexibility index (Phi) is 70.0. The van der Waals surface area contributed by atoms with Gasteiger partial charge in [0.1, 0.15) is 25.2 Å². The quantitative estimate of drug-likeness (QED) is 0.00255. The first kappa shape index (κ1) is 131. The number of quaternary nitrogens is 1. The average molecular weight is 2060 g/mol. The summed E-state index contributed by atoms with van der Waals surface area (Å²) in [5.74, 6) is -8.56. The standard InChI is InChI=1S/C16H21N5O7.C15H19N5O7.C15H17N5O6.C15H25N5O2.C14H15N3O6.C6H14O.C2H3NOP.CH2O3.B.Na.H/c1-17-12(6-10-2-4-11(5-3-10)21(27)28)16(26)20-8-14(23)18-7-13(22)19-9-15(24)25;16-11(5-9-1-3-10(4-2-9)20(26)27)15(25)19-7-13(22)17-6-12(21)18-8-14(23)24;21-12-6-16-13(22)7-18-15(24)11(19-14(23)8-17-12)5-9-1-3-10(4-2-9)20(25)26;21-20(22)15-3-1-13(2-4-15)11-14-12-18-8-7-16-5-6-17-9-10-19-14;1-15-11(8-9-2-4-10(5-3-9)17(21)22)14(20)23-16-12(18)6-7-13(16)19;1-3-5-7-6-4-2;1-5(4)2-3;2-1-4-3;;;/h2-5,12,17H,6-9H2,1H3,(H,18,23)(H,19,22)(H,20,26)(H,24,25);1-4,11H,5-8,16H2,(H,17,22)(H,18,21)(H,19,25)(H,23,24);1-4,11H,5-8H2,(H,16,22)(H,17,21)(H,18,24)(H,19,23);1-4,14,16-19H,5-12H2;2-5,11,15H,6-8H2,1H3;3-6H2,1-2H3;1H3;1,3H;;;/q;;;;;;+1;;;+1;-1/p+1. The molecule has 57 nitrogen and oxygen atoms in total. The Bertz CT molecular complexity index is 5020. The second-order valence-corrected chi connectivity index (χ2v) is 30.7. The molecule has 144 heavy (non-hydrogen) atoms. The molecule has 0 bridgehead atoms. The van der Waals surface area contributed by atoms with E-state index in [1.165, 1.54) is 117 Å². The van der Waals surface area contributed by atoms with Crippen LogP contribution >= 0.6 is 7.80 Å². The first-order valence-electron chi connectivity index (χ1n) is 43.1. The Hall–Kier alpha value is -14.9. The van der Waals surface area contributed by atoms with Crippen molar-refractivity contribution in [2.75, 3.05) is 139 Å². The molecule has 22 N–H and O–H groups in total. The summed E-state index contributed by atoms with van der Waals surface area (Å²) in [6.07, 6.45) is 3.92. The largest absolute Gasteiger partial charge is 1.00 e. The van der Waals surface area contributed by atoms with Crippen molar-refractivity contribution in [2.24, 2.45) is 0 Å². The van der Waals surface area contributed by atoms with Crippen LogP contribution < -0.4 is 120 Å². The van der Waals surface area contributed by atoms with Crippen LogP contribution in [0.1, 0.15) is 68.8 Å². The van der Waals surface area contributed by atoms with Crippen LogP contribution in [-0.2, 0) is 128 Å². The molecule has 3 saturated heterocycles. The molecule has 12 amide bonds. The van der Waals surface area contributed by atoms with Crippen molar-refractivity contribution in [3.8, 4) is 5.81 Å². The molecule has 3 aliphatic heterocycles. The van der Waals surface area contributed by atoms with Gasteiger partial charge in [-0.05, 0) is 74.0 Å². The van der Waals surface area contributed by atoms with E-state index in [4.69, 9.17) is 35.1 Å². The number of carbonyl (C=O) groups is 16. The molecule has 3 aliphatic rings. The first-order chi connectivity index (χ1) is 67.5. The first-order valence-corrected chi connectivity index (χ1v) is 44.8. The molecule has 0 spiro atoms. The minimum atomic E-state index is -1.54. The van der Waals surface area contributed by atoms with Crippen LogP contribution in [0.15, 0.2) is 121 Å². The van der Waals surface area contributed by atoms with E-state index in [1.54, 1.807) is 19.2 Å². The Balaban J connectivity index is -0.00000166. The topological polar surface area (TPSA) is 841 Å². The van der Waals surface area contributed by atoms with Gasteiger partial charge < -0.3 is 117 Å². The fourth-order valence-electron chi connectivity index (χ4n) is 11.2. The zero-order valence-corrected chi connectivity index (χ0v) is 82.4. The molecule has 3 heterocycles. The molecule has 779 valence electrons. The molecular formula is C84H118BN24NaO33P+2. The van der Waals surface area contributed by atoms with Gasteiger partial charge in [0, 0.05) is 160 Å². The molecule has 0 aromatic heterocycles. The van der Waals surface area contributed by atoms with Gasteiger partial charge in [-0.1, -0.05) is 79.1 Å². The third-order valence-electron chi connectivity index (χ3n) is 18.4. The average Bonchev–Trinajstić information content (AvgIpc) is 1.50. The van der Waals surface area contributed by atoms with E-state index < -0.39 is 167 Å². The summed E-state index contributed by atoms with van der Waals surface area (Å²) in [4.78, 5) is 240. The summed E-state index contributed by atoms with van der Waals surface area (Å²) in [5.41, 5.74) is 7.30. The second kappa shape index (κ2) is 76.9. The van der Waals surface area contributed by atoms with Gasteiger partial charge in [0.2, 0.25) is 53.2 Å². The number of rotatable bonds is 38. The molecule has 0 saturated carbocycles. The molecule has 6 atom stereocenters. The van der Waals surface area contributed by atoms with Crippen molar-refractivity contribution in [2.45, 2.75) is 102 Å². The van der Waals surface area contributed by atoms with Crippen molar-refractivity contribution >= 4 is 140 Å². The van der Waals surface area contributed by atoms with E-state index >= 15 is 0 Å². The number of likely N-dealkylation sites (N-methyl/N-ethyl adjacent to an activating group) is 2. The fraction of sp³-hybridized carbons (Fsp3) is 0.440. The summed E-state index contributed by atoms with van der Waals surface area (Å²) >= 11 is 0. The molecule has 3 fully saturated rings. The van der Waals surface area contributed by atoms with Crippen molar-refractivity contribution in [1.29, 1.82) is 5.26 Å². The number of non-ortho nitro benzene ring substituents is 5. The molecule has 8 rings (SSSR count). The van der Waals surface area contributed by atoms with Gasteiger partial charge in [-0.15, -0.1) is 10.3 Å². The van der Waals surface area contributed by atoms with Crippen LogP contribution in [-0.4, -0.2) is 318 Å². The van der Waals surface area contributed by atoms with Gasteiger partial charge in [-0.3, -0.25) is 122 Å². The zero-order valence-electron chi connectivity index (χ0n) is 80.6. The number of imide groups is 1. The number of nitrogens with zero attached hydrogens (tertiary/aromatic N) is 7. The number of hydrogen-bond acceptors (Lipinski definition) is 38. The maximum absolute atomic E-state index is 12.3. The fourth-order valence-corrected chi connectivity index (χ4v) is 11.2. The van der Waals surface area contributed by atoms with E-state index in [-0.39, 0.29) is 150 Å². The summed E-state index contributed by atoms with van der Waals surface area (Å²) in [7, 11) is 1.55. The third kappa shape index (κ3) is 61.0. The molecule has 5 aromatic carbocycles. The van der Waals surface area contributed by atoms with E-state index in [0.29, 0.717) is 33.4 Å². The van der Waals surface area contributed by atoms with Crippen LogP contribution in [0, 0.1) is 61.6 Å². The number of hydroxylamine groups is 2. The molecule has 6 unspecified atom stereocenters. The van der Waals surface area contributed by atoms with Gasteiger partial charge in [0.25, 0.3) is 46.2 Å². The number of nitro groups is 5. The Morgan fingerprint density at radius 2 is 0.840 bits per heavy atom. The van der Waals surface area contributed by atoms with E-state index in [1.807, 2.05) is 12.1 Å². The molecule has 60 heteroatoms. The van der Waals surface area contributed by atoms with E-state index in [0.717, 1.165) is 83.9 Å². The summed E-state index contributed by atoms with van der Waals surface area (Å²) in [6, 6.07) is 26.6. The Labute approximate surface area is 849 Å². The summed E-state index contributed by atoms with van der Waals surface area (Å²) in [6.45, 7) is 10.3. The third-order valence-corrected chi connectivity index (χ3v) is 18.7. The van der Waals surface area contributed by atoms with Crippen LogP contribution in [0.3, 0.4) is 0 Å². The van der Waals surface area contributed by atoms with Crippen LogP contribution in [0.4, 0.5) is 28.4 Å². The molecular weight excluding hydrogens is 1940 g/mol. The number of carboxylic acid groups (broad SMARTS) is 2. The number of nitriles is 1. The summed E-state index contributed by atoms with van der Waals surface area (Å²) < 4.78 is 14.7. The SMILES string of the molecule is CCCOCCC.CNC(Cc1ccc([N+](=O)[O-])cc1)C(=O)NCC(=O)NCC(=O)NCC(=O)O.CNC(Cc1ccc([N+](=O)[O-])cc1)C(=O)ON1C(=O)CCC1=O.C[P+](=O)C#N.O=C1CNC(=O)CNC(=O)C(Cc2ccc([N+](=O)[O-])cc2)NC(=O)CN1.O=COO.O=[N+]([O-])c1ccc(CC2CNCCNCCNCCN2)cc1.[B].[H-].[NH3+]C(Cc1ccc([N+](=O)[O-])cc1)C(=O)NCC(=O)NCC(=O)NCC(=O)O.[Na+]. The number of ether oxygens (including phenoxy) is 1. The predicted octanol–water partition coefficient (Wildman–Crippen LogP) is -7.35. The normalized spacial score (nSPS) is 14.4. The Morgan fingerprint density at radius 1 is 0.514 bits per heavy atom. The van der Waals surface area contributed by atoms with E-state index in [2.05, 4.69) is 110 Å². The number of carboxylic acids is 2. The number of nitro benzene ring substituents is 5. The van der Waals surface area contributed by atoms with Gasteiger partial charge >= 0.3 is 67.5 Å². The number of hydrogen-bond donors (Lipinski definition) is 20. The number of benzene rings is 5. The van der Waals surface area contributed by atoms with Crippen LogP contribution in [0.25, 0.3) is 0 Å². The van der Waals surface area contributed by atoms with Crippen molar-refractivity contribution in [3.05, 3.63) is 200 Å². The minimum Gasteiger partial charge on any atom is -1.00 e. The monoisotopic (exact) mass is 2060 g/mol. The maximum Gasteiger partial charge on any atom is 1.00 e. The van der Waals surface area contributed by atoms with Crippen LogP contribution in [0.2, 0.25) is 0 Å². The number of nitrogens with one attached hydrogen (secondary N) is 16. The number of aliphatic carboxylic acids is 2. The van der Waals surface area contributed by atoms with Gasteiger partial charge in [-0.25, -0.2) is 10.1 Å². The minimum absolute atomic E-state index is 0. The van der Waals surface area contributed by atoms with Gasteiger partial charge in [0.15, 0.2) is 12.7 Å². The van der Waals surface area contributed by atoms with Crippen molar-refractivity contribution in [1.82, 2.24) is 90.1 Å². The Morgan fingerprint density at radius 3 is 1.20 bits per heavy atom. The molecule has 0 aliphatic carbocycles. The van der Waals surface area contributed by atoms with Crippen LogP contribution in [0.5, 0.6) is 0 Å². The molecule has 5 aromatic rings. The smallest absolute Gasteiger partial charge is 1.00 e. The van der Waals surface area contributed by atoms with Crippen molar-refractivity contribution < 1.29 is 173 Å². The number of carbonyl (C=O) groups excluding carboxylic acids is 14. The van der Waals surface area contributed by atoms with E-state index in [9.17, 15) is 127 Å².